The highest BCUT2D eigenvalue weighted by atomic mass is 16.1. The smallest absolute Gasteiger partial charge is 0.277 e. The first kappa shape index (κ1) is 47.0. The third kappa shape index (κ3) is 11.5. The van der Waals surface area contributed by atoms with Gasteiger partial charge >= 0.3 is 0 Å². The van der Waals surface area contributed by atoms with Crippen molar-refractivity contribution in [3.63, 3.8) is 0 Å². The molecule has 0 amide bonds. The molecule has 6 aromatic rings. The quantitative estimate of drug-likeness (QED) is 0.0588. The number of nitrogens with one attached hydrogen (secondary N) is 1. The normalized spacial score (nSPS) is 19.1. The van der Waals surface area contributed by atoms with E-state index in [1.807, 2.05) is 75.9 Å². The molecule has 0 aliphatic carbocycles. The molecule has 11 heteroatoms. The molecule has 2 fully saturated rings. The number of unbranched alkanes of at least 4 members (excludes halogenated alkanes) is 4. The zero-order chi connectivity index (χ0) is 45.9. The van der Waals surface area contributed by atoms with Crippen LogP contribution in [0.1, 0.15) is 116 Å². The number of nitrogen functional groups attached to an aromatic ring is 1. The number of aryl methyl sites for hydroxylation is 2. The molecule has 2 aromatic heterocycles. The Morgan fingerprint density at radius 2 is 1.03 bits per heavy atom. The lowest BCUT2D eigenvalue weighted by molar-refractivity contribution is 0.101. The minimum atomic E-state index is -0.0901. The van der Waals surface area contributed by atoms with Crippen molar-refractivity contribution < 1.29 is 0 Å². The summed E-state index contributed by atoms with van der Waals surface area (Å²) in [4.78, 5) is 41.5. The Morgan fingerprint density at radius 1 is 0.600 bits per heavy atom. The molecule has 340 valence electrons. The van der Waals surface area contributed by atoms with Crippen molar-refractivity contribution in [1.29, 1.82) is 10.7 Å². The van der Waals surface area contributed by atoms with Crippen molar-refractivity contribution in [3.8, 4) is 28.6 Å². The first-order chi connectivity index (χ1) is 31.5. The molecule has 0 radical (unpaired) electrons. The van der Waals surface area contributed by atoms with Crippen LogP contribution in [0.5, 0.6) is 0 Å². The van der Waals surface area contributed by atoms with Gasteiger partial charge in [0.2, 0.25) is 0 Å². The third-order valence-electron chi connectivity index (χ3n) is 13.8. The van der Waals surface area contributed by atoms with Crippen LogP contribution >= 0.6 is 0 Å². The Kier molecular flexibility index (Phi) is 16.1. The molecular weight excluding hydrogens is 807 g/mol. The Labute approximate surface area is 384 Å². The Hall–Kier alpha value is -5.96. The van der Waals surface area contributed by atoms with Crippen LogP contribution in [0, 0.1) is 16.7 Å². The van der Waals surface area contributed by atoms with Crippen LogP contribution in [0.4, 0.5) is 0 Å². The number of rotatable bonds is 15. The first-order valence-electron chi connectivity index (χ1n) is 24.0. The van der Waals surface area contributed by atoms with Gasteiger partial charge in [-0.25, -0.2) is 9.97 Å². The second-order valence-electron chi connectivity index (χ2n) is 18.4. The fourth-order valence-electron chi connectivity index (χ4n) is 10.1. The number of hydrogen-bond acceptors (Lipinski definition) is 8. The summed E-state index contributed by atoms with van der Waals surface area (Å²) < 4.78 is 3.73. The van der Waals surface area contributed by atoms with Crippen LogP contribution in [-0.2, 0) is 13.1 Å². The SMILES string of the molecule is C[C@@H]1CCC[C@H](C)N1CCCCCn1c(=O)c(-c2cccc(C#N)c2)nc2ccccc21.C[C@@H]1CCC[C@H](C)N1CCCCCn1c(=O)c(-c2cccc(C(=N)N)c2)nc2ccccc21. The Morgan fingerprint density at radius 3 is 1.49 bits per heavy atom. The van der Waals surface area contributed by atoms with Gasteiger partial charge in [0.15, 0.2) is 0 Å². The van der Waals surface area contributed by atoms with Gasteiger partial charge in [-0.15, -0.1) is 0 Å². The maximum Gasteiger partial charge on any atom is 0.277 e. The van der Waals surface area contributed by atoms with Gasteiger partial charge in [-0.1, -0.05) is 80.3 Å². The summed E-state index contributed by atoms with van der Waals surface area (Å²) in [6.45, 7) is 13.0. The van der Waals surface area contributed by atoms with E-state index in [1.165, 1.54) is 38.5 Å². The maximum atomic E-state index is 13.5. The van der Waals surface area contributed by atoms with Crippen molar-refractivity contribution in [1.82, 2.24) is 28.9 Å². The number of amidine groups is 1. The van der Waals surface area contributed by atoms with Crippen molar-refractivity contribution >= 4 is 27.9 Å². The number of likely N-dealkylation sites (tertiary alicyclic amines) is 2. The average Bonchev–Trinajstić information content (AvgIpc) is 3.31. The van der Waals surface area contributed by atoms with Gasteiger partial charge < -0.3 is 14.9 Å². The van der Waals surface area contributed by atoms with Crippen LogP contribution in [0.25, 0.3) is 44.6 Å². The molecule has 2 saturated heterocycles. The molecule has 0 spiro atoms. The minimum absolute atomic E-state index is 0.0182. The predicted octanol–water partition coefficient (Wildman–Crippen LogP) is 10.1. The Balaban J connectivity index is 0.000000194. The molecule has 4 aromatic carbocycles. The van der Waals surface area contributed by atoms with Crippen LogP contribution in [0.15, 0.2) is 107 Å². The second-order valence-corrected chi connectivity index (χ2v) is 18.4. The topological polar surface area (TPSA) is 150 Å². The molecule has 4 atom stereocenters. The monoisotopic (exact) mass is 874 g/mol. The molecule has 0 bridgehead atoms. The number of hydrogen-bond donors (Lipinski definition) is 2. The molecule has 3 N–H and O–H groups in total. The van der Waals surface area contributed by atoms with Gasteiger partial charge in [-0.2, -0.15) is 5.26 Å². The highest BCUT2D eigenvalue weighted by Gasteiger charge is 2.25. The summed E-state index contributed by atoms with van der Waals surface area (Å²) in [5.74, 6) is -0.0182. The van der Waals surface area contributed by atoms with Crippen molar-refractivity contribution in [3.05, 3.63) is 129 Å². The van der Waals surface area contributed by atoms with Gasteiger partial charge in [0, 0.05) is 53.9 Å². The molecule has 11 nitrogen and oxygen atoms in total. The lowest BCUT2D eigenvalue weighted by Gasteiger charge is -2.39. The molecular formula is C54H67N9O2. The van der Waals surface area contributed by atoms with Crippen LogP contribution < -0.4 is 16.9 Å². The molecule has 0 saturated carbocycles. The van der Waals surface area contributed by atoms with Crippen molar-refractivity contribution in [2.24, 2.45) is 5.73 Å². The van der Waals surface area contributed by atoms with E-state index in [0.717, 1.165) is 73.7 Å². The van der Waals surface area contributed by atoms with Gasteiger partial charge in [0.05, 0.1) is 33.7 Å². The number of nitrogens with zero attached hydrogens (tertiary/aromatic N) is 7. The van der Waals surface area contributed by atoms with Gasteiger partial charge in [-0.05, 0) is 135 Å². The van der Waals surface area contributed by atoms with Gasteiger partial charge in [-0.3, -0.25) is 24.8 Å². The zero-order valence-electron chi connectivity index (χ0n) is 38.9. The molecule has 2 aliphatic rings. The number of nitriles is 1. The van der Waals surface area contributed by atoms with E-state index < -0.39 is 0 Å². The van der Waals surface area contributed by atoms with E-state index in [9.17, 15) is 14.9 Å². The van der Waals surface area contributed by atoms with E-state index in [4.69, 9.17) is 11.1 Å². The summed E-state index contributed by atoms with van der Waals surface area (Å²) in [5.41, 5.74) is 12.2. The summed E-state index contributed by atoms with van der Waals surface area (Å²) in [5, 5.41) is 17.0. The van der Waals surface area contributed by atoms with Crippen LogP contribution in [-0.4, -0.2) is 72.0 Å². The van der Waals surface area contributed by atoms with Crippen molar-refractivity contribution in [2.45, 2.75) is 142 Å². The number of para-hydroxylation sites is 4. The van der Waals surface area contributed by atoms with Crippen LogP contribution in [0.3, 0.4) is 0 Å². The summed E-state index contributed by atoms with van der Waals surface area (Å²) in [6, 6.07) is 34.8. The average molecular weight is 874 g/mol. The van der Waals surface area contributed by atoms with E-state index in [1.54, 1.807) is 30.3 Å². The standard InChI is InChI=1S/C27H35N5O.C27H32N4O/c1-19-10-8-11-20(2)31(19)16-6-3-7-17-32-24-15-5-4-14-23(24)30-25(27(32)33)21-12-9-13-22(18-21)26(28)29;1-20-10-8-11-21(2)30(20)16-6-3-7-17-31-25-15-5-4-14-24(25)29-26(27(31)32)23-13-9-12-22(18-23)19-28/h4-5,9,12-15,18-20H,3,6-8,10-11,16-17H2,1-2H3,(H3,28,29);4-5,9,12-15,18,20-21H,3,6-8,10-11,16-17H2,1-2H3/t19-,20+;20-,21+. The number of nitrogens with two attached hydrogens (primary N) is 1. The van der Waals surface area contributed by atoms with Gasteiger partial charge in [0.1, 0.15) is 17.2 Å². The lowest BCUT2D eigenvalue weighted by Crippen LogP contribution is -2.44. The first-order valence-corrected chi connectivity index (χ1v) is 24.0. The maximum absolute atomic E-state index is 13.5. The zero-order valence-corrected chi connectivity index (χ0v) is 38.9. The highest BCUT2D eigenvalue weighted by Crippen LogP contribution is 2.26. The number of piperidine rings is 2. The molecule has 65 heavy (non-hydrogen) atoms. The summed E-state index contributed by atoms with van der Waals surface area (Å²) >= 11 is 0. The molecule has 8 rings (SSSR count). The minimum Gasteiger partial charge on any atom is -0.384 e. The summed E-state index contributed by atoms with van der Waals surface area (Å²) in [6.07, 6.45) is 14.3. The Bertz CT molecular complexity index is 2710. The lowest BCUT2D eigenvalue weighted by atomic mass is 9.97. The van der Waals surface area contributed by atoms with Gasteiger partial charge in [0.25, 0.3) is 11.1 Å². The van der Waals surface area contributed by atoms with E-state index in [0.29, 0.717) is 70.9 Å². The molecule has 0 unspecified atom stereocenters. The summed E-state index contributed by atoms with van der Waals surface area (Å²) in [7, 11) is 0. The third-order valence-corrected chi connectivity index (χ3v) is 13.8. The second kappa shape index (κ2) is 22.3. The predicted molar refractivity (Wildman–Crippen MR) is 265 cm³/mol. The fraction of sp³-hybridized carbons (Fsp3) is 0.444. The van der Waals surface area contributed by atoms with Crippen molar-refractivity contribution in [2.75, 3.05) is 13.1 Å². The van der Waals surface area contributed by atoms with E-state index >= 15 is 0 Å². The number of fused-ring (bicyclic) bond motifs is 2. The fourth-order valence-corrected chi connectivity index (χ4v) is 10.1. The van der Waals surface area contributed by atoms with Crippen LogP contribution in [0.2, 0.25) is 0 Å². The molecule has 4 heterocycles. The largest absolute Gasteiger partial charge is 0.384 e. The van der Waals surface area contributed by atoms with E-state index in [2.05, 4.69) is 53.5 Å². The number of aromatic nitrogens is 4. The van der Waals surface area contributed by atoms with E-state index in [-0.39, 0.29) is 17.0 Å². The number of benzene rings is 4. The molecule has 2 aliphatic heterocycles. The highest BCUT2D eigenvalue weighted by molar-refractivity contribution is 5.96.